The number of allylic oxidation sites excluding steroid dienone is 1. The molecule has 3 aromatic rings. The van der Waals surface area contributed by atoms with E-state index in [0.29, 0.717) is 21.2 Å². The van der Waals surface area contributed by atoms with Crippen molar-refractivity contribution in [3.05, 3.63) is 86.9 Å². The first-order valence-corrected chi connectivity index (χ1v) is 12.0. The molecule has 0 aliphatic carbocycles. The minimum absolute atomic E-state index is 0.0411. The summed E-state index contributed by atoms with van der Waals surface area (Å²) in [6.07, 6.45) is -1.84. The Bertz CT molecular complexity index is 1190. The largest absolute Gasteiger partial charge is 0.434 e. The van der Waals surface area contributed by atoms with Gasteiger partial charge in [-0.2, -0.15) is 18.3 Å². The predicted molar refractivity (Wildman–Crippen MR) is 139 cm³/mol. The van der Waals surface area contributed by atoms with Crippen LogP contribution < -0.4 is 0 Å². The molecule has 0 aliphatic heterocycles. The minimum Gasteiger partial charge on any atom is -0.357 e. The Kier molecular flexibility index (Phi) is 12.7. The maximum Gasteiger partial charge on any atom is 0.434 e. The number of rotatable bonds is 5. The monoisotopic (exact) mass is 563 g/mol. The van der Waals surface area contributed by atoms with Crippen molar-refractivity contribution in [1.29, 1.82) is 0 Å². The summed E-state index contributed by atoms with van der Waals surface area (Å²) in [7, 11) is 0. The van der Waals surface area contributed by atoms with Crippen molar-refractivity contribution >= 4 is 53.1 Å². The summed E-state index contributed by atoms with van der Waals surface area (Å²) in [5.74, 6) is -0.289. The van der Waals surface area contributed by atoms with E-state index in [9.17, 15) is 17.6 Å². The molecule has 3 rings (SSSR count). The van der Waals surface area contributed by atoms with Crippen molar-refractivity contribution in [1.82, 2.24) is 9.78 Å². The van der Waals surface area contributed by atoms with Crippen molar-refractivity contribution in [2.24, 2.45) is 5.16 Å². The highest BCUT2D eigenvalue weighted by molar-refractivity contribution is 8.11. The molecule has 0 saturated carbocycles. The summed E-state index contributed by atoms with van der Waals surface area (Å²) in [6.45, 7) is 8.01. The van der Waals surface area contributed by atoms with Crippen LogP contribution in [0.15, 0.2) is 59.4 Å². The molecule has 0 saturated heterocycles. The number of carbonyl (C=O) groups excluding carboxylic acids is 1. The van der Waals surface area contributed by atoms with Crippen LogP contribution in [0.2, 0.25) is 10.0 Å². The van der Waals surface area contributed by atoms with E-state index in [2.05, 4.69) is 17.0 Å². The van der Waals surface area contributed by atoms with Crippen LogP contribution in [0.5, 0.6) is 0 Å². The van der Waals surface area contributed by atoms with Gasteiger partial charge < -0.3 is 4.84 Å². The molecule has 0 unspecified atom stereocenters. The quantitative estimate of drug-likeness (QED) is 0.103. The molecule has 0 amide bonds. The van der Waals surface area contributed by atoms with Gasteiger partial charge >= 0.3 is 6.18 Å². The number of hydrogen-bond donors (Lipinski definition) is 0. The molecule has 0 spiro atoms. The third-order valence-corrected chi connectivity index (χ3v) is 5.08. The van der Waals surface area contributed by atoms with Gasteiger partial charge in [0.25, 0.3) is 0 Å². The molecule has 2 aromatic carbocycles. The molecule has 0 bridgehead atoms. The average Bonchev–Trinajstić information content (AvgIpc) is 3.27. The van der Waals surface area contributed by atoms with E-state index in [-0.39, 0.29) is 22.8 Å². The first-order chi connectivity index (χ1) is 16.9. The second-order valence-corrected chi connectivity index (χ2v) is 8.53. The number of halogens is 6. The van der Waals surface area contributed by atoms with Crippen LogP contribution >= 0.6 is 35.0 Å². The standard InChI is InChI=1S/C15H13ClF3N3O.C7H6ClF.C2H4OS/c1-9(2)13(23-20-3)12-8-21-22(14(12)15(17,18)19)11-6-4-5-10(16)7-11;1-5-6(8)3-2-4-7(5)9;1-4-2-3/h4-8H,3H2,1-2H3;2-4H,1H3;2H,1H3. The highest BCUT2D eigenvalue weighted by atomic mass is 35.5. The summed E-state index contributed by atoms with van der Waals surface area (Å²) in [5.41, 5.74) is 0.813. The van der Waals surface area contributed by atoms with Gasteiger partial charge in [0, 0.05) is 22.3 Å². The molecule has 1 heterocycles. The van der Waals surface area contributed by atoms with Gasteiger partial charge in [-0.1, -0.05) is 52.3 Å². The third kappa shape index (κ3) is 9.00. The second kappa shape index (κ2) is 14.7. The molecule has 0 fully saturated rings. The molecule has 12 heteroatoms. The third-order valence-electron chi connectivity index (χ3n) is 4.24. The topological polar surface area (TPSA) is 56.5 Å². The molecule has 0 radical (unpaired) electrons. The normalized spacial score (nSPS) is 10.3. The van der Waals surface area contributed by atoms with Crippen LogP contribution in [0.3, 0.4) is 0 Å². The number of hydrogen-bond acceptors (Lipinski definition) is 5. The number of benzene rings is 2. The highest BCUT2D eigenvalue weighted by Gasteiger charge is 2.40. The van der Waals surface area contributed by atoms with Gasteiger partial charge in [0.1, 0.15) is 5.82 Å². The summed E-state index contributed by atoms with van der Waals surface area (Å²) >= 11 is 12.6. The maximum atomic E-state index is 13.6. The van der Waals surface area contributed by atoms with E-state index in [1.54, 1.807) is 51.3 Å². The predicted octanol–water partition coefficient (Wildman–Crippen LogP) is 8.25. The Balaban J connectivity index is 0.000000409. The molecule has 0 atom stereocenters. The number of carbonyl (C=O) groups is 1. The van der Waals surface area contributed by atoms with Gasteiger partial charge in [-0.25, -0.2) is 9.07 Å². The van der Waals surface area contributed by atoms with Crippen molar-refractivity contribution in [3.63, 3.8) is 0 Å². The van der Waals surface area contributed by atoms with E-state index in [1.807, 2.05) is 0 Å². The number of nitrogens with zero attached hydrogens (tertiary/aromatic N) is 3. The van der Waals surface area contributed by atoms with Gasteiger partial charge in [0.15, 0.2) is 17.1 Å². The lowest BCUT2D eigenvalue weighted by Gasteiger charge is -2.14. The molecule has 36 heavy (non-hydrogen) atoms. The van der Waals surface area contributed by atoms with E-state index in [0.717, 1.165) is 16.5 Å². The van der Waals surface area contributed by atoms with Crippen LogP contribution in [-0.4, -0.2) is 28.4 Å². The number of alkyl halides is 3. The van der Waals surface area contributed by atoms with Crippen molar-refractivity contribution < 1.29 is 27.2 Å². The smallest absolute Gasteiger partial charge is 0.357 e. The van der Waals surface area contributed by atoms with Crippen LogP contribution in [0.25, 0.3) is 11.4 Å². The number of oxime groups is 1. The van der Waals surface area contributed by atoms with Gasteiger partial charge in [-0.15, -0.1) is 0 Å². The lowest BCUT2D eigenvalue weighted by molar-refractivity contribution is -0.143. The van der Waals surface area contributed by atoms with Crippen molar-refractivity contribution in [2.45, 2.75) is 26.9 Å². The molecule has 5 nitrogen and oxygen atoms in total. The summed E-state index contributed by atoms with van der Waals surface area (Å²) in [6, 6.07) is 10.6. The Morgan fingerprint density at radius 1 is 1.19 bits per heavy atom. The zero-order chi connectivity index (χ0) is 27.5. The Labute approximate surface area is 220 Å². The Hall–Kier alpha value is -2.82. The van der Waals surface area contributed by atoms with Gasteiger partial charge in [-0.05, 0) is 62.9 Å². The molecule has 0 N–H and O–H groups in total. The van der Waals surface area contributed by atoms with Gasteiger partial charge in [-0.3, -0.25) is 4.79 Å². The highest BCUT2D eigenvalue weighted by Crippen LogP contribution is 2.38. The molecule has 0 aliphatic rings. The lowest BCUT2D eigenvalue weighted by atomic mass is 10.1. The molecular weight excluding hydrogens is 541 g/mol. The van der Waals surface area contributed by atoms with E-state index >= 15 is 0 Å². The van der Waals surface area contributed by atoms with Crippen molar-refractivity contribution in [3.8, 4) is 5.69 Å². The average molecular weight is 564 g/mol. The molecule has 194 valence electrons. The van der Waals surface area contributed by atoms with Crippen LogP contribution in [0.4, 0.5) is 17.6 Å². The SMILES string of the molecule is C=NOC(=C(C)C)c1cnn(-c2cccc(Cl)c2)c1C(F)(F)F.CSC=O.Cc1c(F)cccc1Cl. The minimum atomic E-state index is -4.65. The van der Waals surface area contributed by atoms with E-state index in [1.165, 1.54) is 30.0 Å². The summed E-state index contributed by atoms with van der Waals surface area (Å²) in [4.78, 5) is 14.0. The fraction of sp³-hybridized carbons (Fsp3) is 0.208. The summed E-state index contributed by atoms with van der Waals surface area (Å²) in [5, 5.41) is 7.85. The van der Waals surface area contributed by atoms with Gasteiger partial charge in [0.05, 0.1) is 17.4 Å². The maximum absolute atomic E-state index is 13.6. The zero-order valence-corrected chi connectivity index (χ0v) is 22.1. The fourth-order valence-corrected chi connectivity index (χ4v) is 2.99. The fourth-order valence-electron chi connectivity index (χ4n) is 2.65. The number of thioether (sulfide) groups is 1. The first kappa shape index (κ1) is 31.2. The molecule has 1 aromatic heterocycles. The van der Waals surface area contributed by atoms with Crippen molar-refractivity contribution in [2.75, 3.05) is 6.26 Å². The Morgan fingerprint density at radius 3 is 2.25 bits per heavy atom. The van der Waals surface area contributed by atoms with E-state index in [4.69, 9.17) is 32.8 Å². The van der Waals surface area contributed by atoms with Crippen LogP contribution in [-0.2, 0) is 15.8 Å². The lowest BCUT2D eigenvalue weighted by Crippen LogP contribution is -2.15. The molecular formula is C24H23Cl2F4N3O2S. The second-order valence-electron chi connectivity index (χ2n) is 7.02. The first-order valence-electron chi connectivity index (χ1n) is 9.98. The van der Waals surface area contributed by atoms with Crippen LogP contribution in [0.1, 0.15) is 30.7 Å². The summed E-state index contributed by atoms with van der Waals surface area (Å²) < 4.78 is 54.0. The Morgan fingerprint density at radius 2 is 1.81 bits per heavy atom. The number of aromatic nitrogens is 2. The van der Waals surface area contributed by atoms with Gasteiger partial charge in [0.2, 0.25) is 0 Å². The van der Waals surface area contributed by atoms with Crippen LogP contribution in [0, 0.1) is 12.7 Å². The van der Waals surface area contributed by atoms with E-state index < -0.39 is 11.9 Å². The zero-order valence-electron chi connectivity index (χ0n) is 19.7.